The first-order valence-corrected chi connectivity index (χ1v) is 6.62. The van der Waals surface area contributed by atoms with Gasteiger partial charge in [0.2, 0.25) is 5.75 Å². The lowest BCUT2D eigenvalue weighted by Crippen LogP contribution is -2.31. The van der Waals surface area contributed by atoms with Gasteiger partial charge in [-0.3, -0.25) is 0 Å². The first-order valence-electron chi connectivity index (χ1n) is 6.62. The minimum atomic E-state index is 0.552. The summed E-state index contributed by atoms with van der Waals surface area (Å²) in [6.07, 6.45) is 3.90. The molecule has 0 radical (unpaired) electrons. The molecule has 6 nitrogen and oxygen atoms in total. The lowest BCUT2D eigenvalue weighted by atomic mass is 10.0. The van der Waals surface area contributed by atoms with Crippen molar-refractivity contribution < 1.29 is 9.47 Å². The molecule has 1 aromatic heterocycles. The highest BCUT2D eigenvalue weighted by atomic mass is 16.5. The van der Waals surface area contributed by atoms with Crippen molar-refractivity contribution in [3.63, 3.8) is 0 Å². The molecule has 0 aromatic carbocycles. The van der Waals surface area contributed by atoms with Crippen LogP contribution in [0.2, 0.25) is 0 Å². The number of ether oxygens (including phenoxy) is 2. The molecule has 1 N–H and O–H groups in total. The van der Waals surface area contributed by atoms with Gasteiger partial charge in [0.1, 0.15) is 6.33 Å². The minimum Gasteiger partial charge on any atom is -0.490 e. The molecule has 0 amide bonds. The maximum Gasteiger partial charge on any atom is 0.204 e. The molecule has 1 saturated heterocycles. The Hall–Kier alpha value is -1.56. The molecule has 0 saturated carbocycles. The molecular formula is C13H22N4O2. The summed E-state index contributed by atoms with van der Waals surface area (Å²) in [6, 6.07) is 0. The number of aromatic nitrogens is 2. The number of anilines is 2. The van der Waals surface area contributed by atoms with Crippen LogP contribution in [0.3, 0.4) is 0 Å². The Morgan fingerprint density at radius 2 is 2.37 bits per heavy atom. The molecule has 6 heteroatoms. The summed E-state index contributed by atoms with van der Waals surface area (Å²) in [7, 11) is 5.49. The molecule has 0 spiro atoms. The molecule has 1 unspecified atom stereocenters. The van der Waals surface area contributed by atoms with Gasteiger partial charge in [-0.1, -0.05) is 0 Å². The van der Waals surface area contributed by atoms with Gasteiger partial charge in [0.15, 0.2) is 11.6 Å². The smallest absolute Gasteiger partial charge is 0.204 e. The Labute approximate surface area is 114 Å². The number of hydrogen-bond donors (Lipinski definition) is 1. The van der Waals surface area contributed by atoms with Gasteiger partial charge >= 0.3 is 0 Å². The number of hydrogen-bond acceptors (Lipinski definition) is 6. The summed E-state index contributed by atoms with van der Waals surface area (Å²) in [6.45, 7) is 2.63. The quantitative estimate of drug-likeness (QED) is 0.869. The fourth-order valence-electron chi connectivity index (χ4n) is 2.43. The molecule has 1 aliphatic heterocycles. The van der Waals surface area contributed by atoms with Gasteiger partial charge in [0.05, 0.1) is 13.7 Å². The van der Waals surface area contributed by atoms with E-state index in [-0.39, 0.29) is 0 Å². The molecule has 0 aliphatic carbocycles. The molecular weight excluding hydrogens is 244 g/mol. The minimum absolute atomic E-state index is 0.552. The summed E-state index contributed by atoms with van der Waals surface area (Å²) in [4.78, 5) is 10.6. The van der Waals surface area contributed by atoms with Crippen LogP contribution in [0.25, 0.3) is 0 Å². The van der Waals surface area contributed by atoms with Gasteiger partial charge < -0.3 is 19.7 Å². The Morgan fingerprint density at radius 3 is 3.00 bits per heavy atom. The van der Waals surface area contributed by atoms with Crippen LogP contribution < -0.4 is 15.0 Å². The second-order valence-corrected chi connectivity index (χ2v) is 4.79. The summed E-state index contributed by atoms with van der Waals surface area (Å²) in [5.74, 6) is 2.76. The van der Waals surface area contributed by atoms with Crippen LogP contribution in [-0.4, -0.2) is 50.9 Å². The third-order valence-electron chi connectivity index (χ3n) is 3.37. The fourth-order valence-corrected chi connectivity index (χ4v) is 2.43. The van der Waals surface area contributed by atoms with E-state index in [9.17, 15) is 0 Å². The number of rotatable bonds is 5. The van der Waals surface area contributed by atoms with Crippen molar-refractivity contribution in [3.05, 3.63) is 6.33 Å². The highest BCUT2D eigenvalue weighted by Gasteiger charge is 2.20. The second-order valence-electron chi connectivity index (χ2n) is 4.79. The second kappa shape index (κ2) is 6.56. The van der Waals surface area contributed by atoms with Crippen LogP contribution in [0, 0.1) is 5.92 Å². The summed E-state index contributed by atoms with van der Waals surface area (Å²) >= 11 is 0. The molecule has 1 fully saturated rings. The molecule has 19 heavy (non-hydrogen) atoms. The molecule has 2 heterocycles. The average molecular weight is 266 g/mol. The monoisotopic (exact) mass is 266 g/mol. The normalized spacial score (nSPS) is 19.0. The summed E-state index contributed by atoms with van der Waals surface area (Å²) in [5.41, 5.74) is 0. The predicted molar refractivity (Wildman–Crippen MR) is 74.9 cm³/mol. The number of nitrogens with zero attached hydrogens (tertiary/aromatic N) is 3. The van der Waals surface area contributed by atoms with Crippen LogP contribution in [0.1, 0.15) is 12.8 Å². The highest BCUT2D eigenvalue weighted by molar-refractivity contribution is 5.64. The molecule has 2 rings (SSSR count). The van der Waals surface area contributed by atoms with Gasteiger partial charge in [-0.05, 0) is 18.8 Å². The Balaban J connectivity index is 2.11. The first kappa shape index (κ1) is 13.9. The molecule has 1 atom stereocenters. The van der Waals surface area contributed by atoms with Crippen LogP contribution >= 0.6 is 0 Å². The van der Waals surface area contributed by atoms with Crippen LogP contribution in [0.4, 0.5) is 11.6 Å². The maximum atomic E-state index is 5.52. The molecule has 1 aromatic rings. The lowest BCUT2D eigenvalue weighted by Gasteiger charge is -2.28. The average Bonchev–Trinajstić information content (AvgIpc) is 2.47. The maximum absolute atomic E-state index is 5.52. The van der Waals surface area contributed by atoms with Gasteiger partial charge in [-0.15, -0.1) is 0 Å². The third kappa shape index (κ3) is 3.26. The molecule has 0 bridgehead atoms. The van der Waals surface area contributed by atoms with Gasteiger partial charge in [0.25, 0.3) is 0 Å². The van der Waals surface area contributed by atoms with E-state index < -0.39 is 0 Å². The zero-order chi connectivity index (χ0) is 13.7. The van der Waals surface area contributed by atoms with E-state index in [2.05, 4.69) is 20.2 Å². The van der Waals surface area contributed by atoms with Gasteiger partial charge in [-0.2, -0.15) is 0 Å². The predicted octanol–water partition coefficient (Wildman–Crippen LogP) is 1.39. The van der Waals surface area contributed by atoms with Crippen LogP contribution in [0.5, 0.6) is 5.75 Å². The summed E-state index contributed by atoms with van der Waals surface area (Å²) in [5, 5.41) is 3.02. The Bertz CT molecular complexity index is 408. The van der Waals surface area contributed by atoms with Crippen LogP contribution in [-0.2, 0) is 4.74 Å². The van der Waals surface area contributed by atoms with Crippen molar-refractivity contribution in [1.29, 1.82) is 0 Å². The topological polar surface area (TPSA) is 59.5 Å². The SMILES string of the molecule is CNc1ncnc(N(C)CC2CCCOC2)c1OC. The first-order chi connectivity index (χ1) is 9.26. The largest absolute Gasteiger partial charge is 0.490 e. The lowest BCUT2D eigenvalue weighted by molar-refractivity contribution is 0.0575. The van der Waals surface area contributed by atoms with E-state index >= 15 is 0 Å². The van der Waals surface area contributed by atoms with Crippen molar-refractivity contribution in [2.24, 2.45) is 5.92 Å². The Kier molecular flexibility index (Phi) is 4.79. The van der Waals surface area contributed by atoms with Crippen LogP contribution in [0.15, 0.2) is 6.33 Å². The highest BCUT2D eigenvalue weighted by Crippen LogP contribution is 2.31. The van der Waals surface area contributed by atoms with Gasteiger partial charge in [0, 0.05) is 27.2 Å². The number of nitrogens with one attached hydrogen (secondary N) is 1. The van der Waals surface area contributed by atoms with E-state index in [0.29, 0.717) is 17.5 Å². The third-order valence-corrected chi connectivity index (χ3v) is 3.37. The Morgan fingerprint density at radius 1 is 1.53 bits per heavy atom. The van der Waals surface area contributed by atoms with Crippen molar-refractivity contribution >= 4 is 11.6 Å². The van der Waals surface area contributed by atoms with E-state index in [1.807, 2.05) is 14.1 Å². The summed E-state index contributed by atoms with van der Waals surface area (Å²) < 4.78 is 10.9. The molecule has 106 valence electrons. The molecule has 1 aliphatic rings. The zero-order valence-electron chi connectivity index (χ0n) is 11.8. The van der Waals surface area contributed by atoms with Crippen molar-refractivity contribution in [2.45, 2.75) is 12.8 Å². The fraction of sp³-hybridized carbons (Fsp3) is 0.692. The van der Waals surface area contributed by atoms with Gasteiger partial charge in [-0.25, -0.2) is 9.97 Å². The van der Waals surface area contributed by atoms with Crippen molar-refractivity contribution in [2.75, 3.05) is 51.2 Å². The standard InChI is InChI=1S/C13H22N4O2/c1-14-12-11(18-3)13(16-9-15-12)17(2)7-10-5-4-6-19-8-10/h9-10H,4-8H2,1-3H3,(H,14,15,16). The van der Waals surface area contributed by atoms with E-state index in [0.717, 1.165) is 32.0 Å². The van der Waals surface area contributed by atoms with Crippen molar-refractivity contribution in [3.8, 4) is 5.75 Å². The zero-order valence-corrected chi connectivity index (χ0v) is 11.8. The number of methoxy groups -OCH3 is 1. The van der Waals surface area contributed by atoms with E-state index in [1.54, 1.807) is 13.4 Å². The van der Waals surface area contributed by atoms with E-state index in [1.165, 1.54) is 6.42 Å². The van der Waals surface area contributed by atoms with E-state index in [4.69, 9.17) is 9.47 Å². The van der Waals surface area contributed by atoms with Crippen molar-refractivity contribution in [1.82, 2.24) is 9.97 Å².